The average molecular weight is 240 g/mol. The molecule has 0 aliphatic heterocycles. The molecular weight excluding hydrogens is 224 g/mol. The topological polar surface area (TPSA) is 45.8 Å². The summed E-state index contributed by atoms with van der Waals surface area (Å²) in [6, 6.07) is 8.22. The first-order valence-corrected chi connectivity index (χ1v) is 6.49. The molecule has 1 aliphatic carbocycles. The number of aromatic amines is 1. The SMILES string of the molecule is CCc1ccc(-c2nc3c(c(=O)[nH]2)CCC3)cc1. The van der Waals surface area contributed by atoms with Crippen LogP contribution >= 0.6 is 0 Å². The highest BCUT2D eigenvalue weighted by Crippen LogP contribution is 2.20. The van der Waals surface area contributed by atoms with Gasteiger partial charge in [-0.2, -0.15) is 0 Å². The van der Waals surface area contributed by atoms with E-state index in [-0.39, 0.29) is 5.56 Å². The molecule has 0 atom stereocenters. The van der Waals surface area contributed by atoms with Crippen LogP contribution in [-0.4, -0.2) is 9.97 Å². The zero-order chi connectivity index (χ0) is 12.5. The summed E-state index contributed by atoms with van der Waals surface area (Å²) in [4.78, 5) is 19.4. The number of hydrogen-bond acceptors (Lipinski definition) is 2. The summed E-state index contributed by atoms with van der Waals surface area (Å²) in [6.45, 7) is 2.13. The van der Waals surface area contributed by atoms with Crippen LogP contribution in [-0.2, 0) is 19.3 Å². The van der Waals surface area contributed by atoms with Crippen LogP contribution in [0.25, 0.3) is 11.4 Å². The van der Waals surface area contributed by atoms with Gasteiger partial charge in [0, 0.05) is 11.1 Å². The Kier molecular flexibility index (Phi) is 2.74. The zero-order valence-electron chi connectivity index (χ0n) is 10.5. The molecule has 18 heavy (non-hydrogen) atoms. The molecule has 0 saturated carbocycles. The van der Waals surface area contributed by atoms with E-state index in [1.165, 1.54) is 5.56 Å². The van der Waals surface area contributed by atoms with Crippen LogP contribution in [0.15, 0.2) is 29.1 Å². The summed E-state index contributed by atoms with van der Waals surface area (Å²) in [5.74, 6) is 0.698. The third-order valence-corrected chi connectivity index (χ3v) is 3.58. The van der Waals surface area contributed by atoms with Gasteiger partial charge >= 0.3 is 0 Å². The van der Waals surface area contributed by atoms with Crippen molar-refractivity contribution >= 4 is 0 Å². The molecule has 1 aromatic heterocycles. The number of rotatable bonds is 2. The number of H-pyrrole nitrogens is 1. The molecule has 1 aliphatic rings. The Bertz CT molecular complexity index is 626. The number of aryl methyl sites for hydroxylation is 2. The van der Waals surface area contributed by atoms with Crippen molar-refractivity contribution in [2.24, 2.45) is 0 Å². The molecular formula is C15H16N2O. The van der Waals surface area contributed by atoms with E-state index in [0.29, 0.717) is 5.82 Å². The van der Waals surface area contributed by atoms with Gasteiger partial charge in [-0.1, -0.05) is 31.2 Å². The van der Waals surface area contributed by atoms with Gasteiger partial charge < -0.3 is 4.98 Å². The van der Waals surface area contributed by atoms with Crippen molar-refractivity contribution in [3.05, 3.63) is 51.4 Å². The highest BCUT2D eigenvalue weighted by molar-refractivity contribution is 5.55. The van der Waals surface area contributed by atoms with Gasteiger partial charge in [0.15, 0.2) is 0 Å². The lowest BCUT2D eigenvalue weighted by Crippen LogP contribution is -2.15. The molecule has 92 valence electrons. The molecule has 3 rings (SSSR count). The molecule has 0 unspecified atom stereocenters. The van der Waals surface area contributed by atoms with Crippen LogP contribution in [0.5, 0.6) is 0 Å². The second-order valence-corrected chi connectivity index (χ2v) is 4.74. The van der Waals surface area contributed by atoms with Gasteiger partial charge in [0.1, 0.15) is 5.82 Å². The van der Waals surface area contributed by atoms with Crippen molar-refractivity contribution in [3.8, 4) is 11.4 Å². The Labute approximate surface area is 106 Å². The van der Waals surface area contributed by atoms with Gasteiger partial charge in [-0.3, -0.25) is 4.79 Å². The Hall–Kier alpha value is -1.90. The van der Waals surface area contributed by atoms with E-state index in [1.807, 2.05) is 12.1 Å². The maximum absolute atomic E-state index is 11.9. The fraction of sp³-hybridized carbons (Fsp3) is 0.333. The summed E-state index contributed by atoms with van der Waals surface area (Å²) in [6.07, 6.45) is 3.87. The summed E-state index contributed by atoms with van der Waals surface area (Å²) in [7, 11) is 0. The third-order valence-electron chi connectivity index (χ3n) is 3.58. The van der Waals surface area contributed by atoms with Gasteiger partial charge in [0.25, 0.3) is 5.56 Å². The largest absolute Gasteiger partial charge is 0.306 e. The molecule has 1 N–H and O–H groups in total. The van der Waals surface area contributed by atoms with Crippen molar-refractivity contribution in [3.63, 3.8) is 0 Å². The summed E-state index contributed by atoms with van der Waals surface area (Å²) in [5, 5.41) is 0. The Morgan fingerprint density at radius 3 is 2.72 bits per heavy atom. The van der Waals surface area contributed by atoms with Gasteiger partial charge in [0.2, 0.25) is 0 Å². The first kappa shape index (κ1) is 11.2. The van der Waals surface area contributed by atoms with Crippen molar-refractivity contribution in [1.82, 2.24) is 9.97 Å². The summed E-state index contributed by atoms with van der Waals surface area (Å²) in [5.41, 5.74) is 4.17. The minimum atomic E-state index is 0.0343. The van der Waals surface area contributed by atoms with E-state index in [9.17, 15) is 4.79 Å². The van der Waals surface area contributed by atoms with Crippen LogP contribution in [0.3, 0.4) is 0 Å². The highest BCUT2D eigenvalue weighted by Gasteiger charge is 2.17. The second-order valence-electron chi connectivity index (χ2n) is 4.74. The lowest BCUT2D eigenvalue weighted by Gasteiger charge is -2.05. The maximum Gasteiger partial charge on any atom is 0.254 e. The molecule has 0 radical (unpaired) electrons. The Balaban J connectivity index is 2.06. The smallest absolute Gasteiger partial charge is 0.254 e. The Morgan fingerprint density at radius 2 is 2.00 bits per heavy atom. The standard InChI is InChI=1S/C15H16N2O/c1-2-10-6-8-11(9-7-10)14-16-13-5-3-4-12(13)15(18)17-14/h6-9H,2-5H2,1H3,(H,16,17,18). The van der Waals surface area contributed by atoms with E-state index >= 15 is 0 Å². The molecule has 0 spiro atoms. The van der Waals surface area contributed by atoms with Crippen molar-refractivity contribution in [1.29, 1.82) is 0 Å². The van der Waals surface area contributed by atoms with Gasteiger partial charge in [-0.25, -0.2) is 4.98 Å². The summed E-state index contributed by atoms with van der Waals surface area (Å²) >= 11 is 0. The summed E-state index contributed by atoms with van der Waals surface area (Å²) < 4.78 is 0. The van der Waals surface area contributed by atoms with Crippen LogP contribution in [0.4, 0.5) is 0 Å². The molecule has 1 aromatic carbocycles. The highest BCUT2D eigenvalue weighted by atomic mass is 16.1. The fourth-order valence-electron chi connectivity index (χ4n) is 2.48. The predicted molar refractivity (Wildman–Crippen MR) is 71.7 cm³/mol. The van der Waals surface area contributed by atoms with E-state index < -0.39 is 0 Å². The van der Waals surface area contributed by atoms with E-state index in [2.05, 4.69) is 29.0 Å². The lowest BCUT2D eigenvalue weighted by atomic mass is 10.1. The maximum atomic E-state index is 11.9. The molecule has 1 heterocycles. The zero-order valence-corrected chi connectivity index (χ0v) is 10.5. The molecule has 0 amide bonds. The Morgan fingerprint density at radius 1 is 1.22 bits per heavy atom. The second kappa shape index (κ2) is 4.41. The molecule has 2 aromatic rings. The quantitative estimate of drug-likeness (QED) is 0.876. The van der Waals surface area contributed by atoms with Crippen molar-refractivity contribution < 1.29 is 0 Å². The molecule has 0 bridgehead atoms. The average Bonchev–Trinajstić information content (AvgIpc) is 2.88. The number of hydrogen-bond donors (Lipinski definition) is 1. The molecule has 3 heteroatoms. The first-order valence-electron chi connectivity index (χ1n) is 6.49. The van der Waals surface area contributed by atoms with Crippen LogP contribution in [0.2, 0.25) is 0 Å². The number of aromatic nitrogens is 2. The fourth-order valence-corrected chi connectivity index (χ4v) is 2.48. The van der Waals surface area contributed by atoms with Gasteiger partial charge in [-0.05, 0) is 31.2 Å². The predicted octanol–water partition coefficient (Wildman–Crippen LogP) is 2.49. The number of benzene rings is 1. The van der Waals surface area contributed by atoms with Gasteiger partial charge in [0.05, 0.1) is 5.69 Å². The normalized spacial score (nSPS) is 13.6. The minimum absolute atomic E-state index is 0.0343. The number of nitrogens with zero attached hydrogens (tertiary/aromatic N) is 1. The van der Waals surface area contributed by atoms with Crippen molar-refractivity contribution in [2.45, 2.75) is 32.6 Å². The lowest BCUT2D eigenvalue weighted by molar-refractivity contribution is 0.899. The van der Waals surface area contributed by atoms with Gasteiger partial charge in [-0.15, -0.1) is 0 Å². The number of fused-ring (bicyclic) bond motifs is 1. The molecule has 3 nitrogen and oxygen atoms in total. The van der Waals surface area contributed by atoms with Crippen LogP contribution in [0.1, 0.15) is 30.2 Å². The van der Waals surface area contributed by atoms with E-state index in [1.54, 1.807) is 0 Å². The van der Waals surface area contributed by atoms with Crippen LogP contribution < -0.4 is 5.56 Å². The minimum Gasteiger partial charge on any atom is -0.306 e. The van der Waals surface area contributed by atoms with E-state index in [0.717, 1.165) is 42.5 Å². The van der Waals surface area contributed by atoms with Crippen molar-refractivity contribution in [2.75, 3.05) is 0 Å². The molecule has 0 fully saturated rings. The van der Waals surface area contributed by atoms with Crippen LogP contribution in [0, 0.1) is 0 Å². The molecule has 0 saturated heterocycles. The number of nitrogens with one attached hydrogen (secondary N) is 1. The third kappa shape index (κ3) is 1.86. The van der Waals surface area contributed by atoms with E-state index in [4.69, 9.17) is 0 Å². The monoisotopic (exact) mass is 240 g/mol. The first-order chi connectivity index (χ1) is 8.78.